The van der Waals surface area contributed by atoms with E-state index in [0.29, 0.717) is 37.9 Å². The van der Waals surface area contributed by atoms with Gasteiger partial charge in [0.05, 0.1) is 12.8 Å². The van der Waals surface area contributed by atoms with Crippen molar-refractivity contribution in [3.05, 3.63) is 90.0 Å². The Morgan fingerprint density at radius 1 is 1.15 bits per heavy atom. The molecule has 10 heteroatoms. The van der Waals surface area contributed by atoms with Crippen molar-refractivity contribution < 1.29 is 13.9 Å². The van der Waals surface area contributed by atoms with E-state index >= 15 is 0 Å². The van der Waals surface area contributed by atoms with Crippen molar-refractivity contribution in [1.82, 2.24) is 30.2 Å². The van der Waals surface area contributed by atoms with Crippen molar-refractivity contribution in [2.45, 2.75) is 26.3 Å². The van der Waals surface area contributed by atoms with E-state index in [2.05, 4.69) is 32.7 Å². The second-order valence-electron chi connectivity index (χ2n) is 9.42. The molecule has 3 aromatic heterocycles. The van der Waals surface area contributed by atoms with Crippen molar-refractivity contribution in [2.24, 2.45) is 0 Å². The lowest BCUT2D eigenvalue weighted by Gasteiger charge is -2.24. The maximum atomic E-state index is 13.0. The number of ether oxygens (including phenoxy) is 1. The molecule has 4 aromatic rings. The number of rotatable bonds is 13. The zero-order chi connectivity index (χ0) is 26.9. The van der Waals surface area contributed by atoms with Gasteiger partial charge in [-0.2, -0.15) is 4.98 Å². The van der Waals surface area contributed by atoms with Crippen molar-refractivity contribution in [1.29, 1.82) is 0 Å². The molecule has 2 N–H and O–H groups in total. The van der Waals surface area contributed by atoms with E-state index in [1.165, 1.54) is 5.56 Å². The lowest BCUT2D eigenvalue weighted by atomic mass is 10.1. The third-order valence-corrected chi connectivity index (χ3v) is 6.35. The van der Waals surface area contributed by atoms with Crippen LogP contribution in [0.1, 0.15) is 29.9 Å². The molecule has 5 rings (SSSR count). The predicted molar refractivity (Wildman–Crippen MR) is 149 cm³/mol. The van der Waals surface area contributed by atoms with E-state index in [9.17, 15) is 4.79 Å². The number of hydrogen-bond donors (Lipinski definition) is 2. The molecule has 10 nitrogen and oxygen atoms in total. The average Bonchev–Trinajstić information content (AvgIpc) is 3.65. The van der Waals surface area contributed by atoms with Gasteiger partial charge < -0.3 is 24.7 Å². The Balaban J connectivity index is 1.19. The van der Waals surface area contributed by atoms with Crippen molar-refractivity contribution in [3.63, 3.8) is 0 Å². The van der Waals surface area contributed by atoms with Crippen LogP contribution in [-0.2, 0) is 11.3 Å². The summed E-state index contributed by atoms with van der Waals surface area (Å²) >= 11 is 0. The molecular formula is C29H33N7O3. The summed E-state index contributed by atoms with van der Waals surface area (Å²) in [6, 6.07) is 14.0. The van der Waals surface area contributed by atoms with Crippen LogP contribution in [0.2, 0.25) is 0 Å². The lowest BCUT2D eigenvalue weighted by molar-refractivity contribution is -0.119. The molecule has 0 fully saturated rings. The number of benzene rings is 1. The number of imidazole rings is 1. The molecule has 39 heavy (non-hydrogen) atoms. The number of furan rings is 1. The van der Waals surface area contributed by atoms with Crippen LogP contribution in [0, 0.1) is 6.92 Å². The summed E-state index contributed by atoms with van der Waals surface area (Å²) in [6.45, 7) is 5.41. The Bertz CT molecular complexity index is 1380. The number of aromatic nitrogens is 4. The third kappa shape index (κ3) is 7.32. The van der Waals surface area contributed by atoms with E-state index in [-0.39, 0.29) is 12.5 Å². The molecule has 202 valence electrons. The fourth-order valence-electron chi connectivity index (χ4n) is 4.36. The van der Waals surface area contributed by atoms with Crippen LogP contribution in [0.25, 0.3) is 12.0 Å². The van der Waals surface area contributed by atoms with E-state index in [1.807, 2.05) is 48.2 Å². The Labute approximate surface area is 227 Å². The molecule has 4 heterocycles. The van der Waals surface area contributed by atoms with Crippen LogP contribution in [0.4, 0.5) is 5.82 Å². The molecule has 0 radical (unpaired) electrons. The van der Waals surface area contributed by atoms with Gasteiger partial charge in [0, 0.05) is 49.9 Å². The number of nitrogens with zero attached hydrogens (tertiary/aromatic N) is 5. The molecular weight excluding hydrogens is 494 g/mol. The molecule has 0 atom stereocenters. The molecule has 0 saturated heterocycles. The normalized spacial score (nSPS) is 12.4. The van der Waals surface area contributed by atoms with Crippen molar-refractivity contribution in [3.8, 4) is 11.7 Å². The average molecular weight is 528 g/mol. The topological polar surface area (TPSA) is 110 Å². The quantitative estimate of drug-likeness (QED) is 0.254. The van der Waals surface area contributed by atoms with Crippen molar-refractivity contribution in [2.75, 3.05) is 37.7 Å². The number of hydrogen-bond acceptors (Lipinski definition) is 8. The fraction of sp³-hybridized carbons (Fsp3) is 0.310. The second kappa shape index (κ2) is 12.9. The van der Waals surface area contributed by atoms with Gasteiger partial charge >= 0.3 is 0 Å². The van der Waals surface area contributed by atoms with Crippen LogP contribution in [-0.4, -0.2) is 58.2 Å². The van der Waals surface area contributed by atoms with Crippen LogP contribution in [0.3, 0.4) is 0 Å². The number of fused-ring (bicyclic) bond motifs is 1. The first-order valence-electron chi connectivity index (χ1n) is 13.1. The minimum absolute atomic E-state index is 0.0660. The summed E-state index contributed by atoms with van der Waals surface area (Å²) in [5.74, 6) is 2.65. The Morgan fingerprint density at radius 2 is 2.05 bits per heavy atom. The highest BCUT2D eigenvalue weighted by atomic mass is 16.5. The first-order valence-corrected chi connectivity index (χ1v) is 13.1. The summed E-state index contributed by atoms with van der Waals surface area (Å²) < 4.78 is 12.9. The molecule has 1 amide bonds. The van der Waals surface area contributed by atoms with E-state index in [0.717, 1.165) is 42.3 Å². The minimum Gasteiger partial charge on any atom is -0.485 e. The van der Waals surface area contributed by atoms with Gasteiger partial charge in [-0.3, -0.25) is 9.36 Å². The summed E-state index contributed by atoms with van der Waals surface area (Å²) in [5.41, 5.74) is 3.14. The van der Waals surface area contributed by atoms with Crippen LogP contribution in [0.15, 0.2) is 77.4 Å². The smallest absolute Gasteiger partial charge is 0.239 e. The van der Waals surface area contributed by atoms with Crippen LogP contribution < -0.4 is 20.3 Å². The maximum Gasteiger partial charge on any atom is 0.239 e. The largest absolute Gasteiger partial charge is 0.485 e. The molecule has 1 aliphatic rings. The standard InChI is InChI=1S/C29H33N7O3/c1-22-16-27(34-29(33-22)36-14-12-31-21-36)35(13-5-10-30-18-23-6-3-2-4-7-23)19-28(37)32-11-8-24-17-26-25(39-20-24)9-15-38-26/h2-4,6-7,9,12,14-17,21,30H,5,8,10-11,13,18-20H2,1H3,(H,32,37). The molecule has 1 aliphatic heterocycles. The number of anilines is 1. The van der Waals surface area contributed by atoms with Crippen LogP contribution >= 0.6 is 0 Å². The third-order valence-electron chi connectivity index (χ3n) is 6.35. The SMILES string of the molecule is Cc1cc(N(CCCNCc2ccccc2)CC(=O)NCCC2=Cc3occc3OC2)nc(-n2ccnc2)n1. The molecule has 0 aliphatic carbocycles. The first-order chi connectivity index (χ1) is 19.1. The first kappa shape index (κ1) is 26.2. The number of nitrogens with one attached hydrogen (secondary N) is 2. The number of aryl methyl sites for hydroxylation is 1. The highest BCUT2D eigenvalue weighted by Crippen LogP contribution is 2.27. The zero-order valence-electron chi connectivity index (χ0n) is 22.0. The molecule has 0 unspecified atom stereocenters. The van der Waals surface area contributed by atoms with Gasteiger partial charge in [-0.1, -0.05) is 30.3 Å². The Hall–Kier alpha value is -4.44. The van der Waals surface area contributed by atoms with E-state index < -0.39 is 0 Å². The van der Waals surface area contributed by atoms with Gasteiger partial charge in [0.25, 0.3) is 0 Å². The second-order valence-corrected chi connectivity index (χ2v) is 9.42. The molecule has 0 bridgehead atoms. The number of carbonyl (C=O) groups excluding carboxylic acids is 1. The Kier molecular flexibility index (Phi) is 8.64. The highest BCUT2D eigenvalue weighted by Gasteiger charge is 2.17. The van der Waals surface area contributed by atoms with E-state index in [4.69, 9.17) is 14.1 Å². The molecule has 0 saturated carbocycles. The molecule has 0 spiro atoms. The minimum atomic E-state index is -0.0660. The monoisotopic (exact) mass is 527 g/mol. The van der Waals surface area contributed by atoms with Gasteiger partial charge in [-0.25, -0.2) is 9.97 Å². The van der Waals surface area contributed by atoms with Crippen molar-refractivity contribution >= 4 is 17.8 Å². The summed E-state index contributed by atoms with van der Waals surface area (Å²) in [4.78, 5) is 28.4. The predicted octanol–water partition coefficient (Wildman–Crippen LogP) is 3.53. The number of amides is 1. The lowest BCUT2D eigenvalue weighted by Crippen LogP contribution is -2.39. The van der Waals surface area contributed by atoms with Gasteiger partial charge in [-0.15, -0.1) is 0 Å². The summed E-state index contributed by atoms with van der Waals surface area (Å²) in [7, 11) is 0. The Morgan fingerprint density at radius 3 is 2.90 bits per heavy atom. The number of carbonyl (C=O) groups is 1. The molecule has 1 aromatic carbocycles. The summed E-state index contributed by atoms with van der Waals surface area (Å²) in [6.07, 6.45) is 10.3. The van der Waals surface area contributed by atoms with Gasteiger partial charge in [0.2, 0.25) is 11.9 Å². The van der Waals surface area contributed by atoms with Gasteiger partial charge in [0.1, 0.15) is 18.8 Å². The van der Waals surface area contributed by atoms with Gasteiger partial charge in [-0.05, 0) is 43.5 Å². The van der Waals surface area contributed by atoms with E-state index in [1.54, 1.807) is 29.6 Å². The fourth-order valence-corrected chi connectivity index (χ4v) is 4.36. The zero-order valence-corrected chi connectivity index (χ0v) is 22.0. The summed E-state index contributed by atoms with van der Waals surface area (Å²) in [5, 5.41) is 6.53. The maximum absolute atomic E-state index is 13.0. The highest BCUT2D eigenvalue weighted by molar-refractivity contribution is 5.81. The van der Waals surface area contributed by atoms with Gasteiger partial charge in [0.15, 0.2) is 11.5 Å². The van der Waals surface area contributed by atoms with Crippen LogP contribution in [0.5, 0.6) is 5.75 Å².